The minimum Gasteiger partial charge on any atom is -0.393 e. The number of aliphatic hydroxyl groups excluding tert-OH is 1. The van der Waals surface area contributed by atoms with Crippen LogP contribution in [0.3, 0.4) is 0 Å². The fraction of sp³-hybridized carbons (Fsp3) is 0.947. The van der Waals surface area contributed by atoms with Crippen LogP contribution in [0.1, 0.15) is 64.7 Å². The molecule has 4 rings (SSSR count). The van der Waals surface area contributed by atoms with Gasteiger partial charge in [-0.25, -0.2) is 0 Å². The summed E-state index contributed by atoms with van der Waals surface area (Å²) < 4.78 is 0. The minimum atomic E-state index is -0.0221. The molecule has 4 saturated carbocycles. The summed E-state index contributed by atoms with van der Waals surface area (Å²) in [6.45, 7) is 2.42. The van der Waals surface area contributed by atoms with E-state index in [1.54, 1.807) is 0 Å². The lowest BCUT2D eigenvalue weighted by molar-refractivity contribution is -0.0727. The van der Waals surface area contributed by atoms with Gasteiger partial charge in [0.25, 0.3) is 0 Å². The van der Waals surface area contributed by atoms with Crippen LogP contribution in [0.15, 0.2) is 0 Å². The van der Waals surface area contributed by atoms with E-state index in [0.717, 1.165) is 48.9 Å². The summed E-state index contributed by atoms with van der Waals surface area (Å²) in [5.74, 6) is 4.61. The lowest BCUT2D eigenvalue weighted by atomic mass is 9.50. The molecule has 0 heterocycles. The molecule has 4 aliphatic carbocycles. The van der Waals surface area contributed by atoms with Gasteiger partial charge in [0, 0.05) is 0 Å². The van der Waals surface area contributed by atoms with Gasteiger partial charge in [-0.3, -0.25) is 0 Å². The number of aliphatic hydroxyl groups is 1. The monoisotopic (exact) mass is 287 g/mol. The third-order valence-electron chi connectivity index (χ3n) is 8.08. The van der Waals surface area contributed by atoms with Gasteiger partial charge in [-0.05, 0) is 92.8 Å². The highest BCUT2D eigenvalue weighted by molar-refractivity contribution is 5.10. The molecule has 116 valence electrons. The first-order valence-corrected chi connectivity index (χ1v) is 9.21. The molecular weight excluding hydrogens is 258 g/mol. The lowest BCUT2D eigenvalue weighted by Gasteiger charge is -2.55. The molecule has 0 aromatic rings. The van der Waals surface area contributed by atoms with E-state index in [4.69, 9.17) is 0 Å². The maximum atomic E-state index is 9.97. The molecule has 0 spiro atoms. The fourth-order valence-corrected chi connectivity index (χ4v) is 7.04. The summed E-state index contributed by atoms with van der Waals surface area (Å²) in [5.41, 5.74) is 0.316. The Kier molecular flexibility index (Phi) is 3.34. The number of nitriles is 1. The first-order valence-electron chi connectivity index (χ1n) is 9.21. The maximum absolute atomic E-state index is 9.97. The molecule has 21 heavy (non-hydrogen) atoms. The van der Waals surface area contributed by atoms with E-state index >= 15 is 0 Å². The van der Waals surface area contributed by atoms with Crippen LogP contribution in [0, 0.1) is 52.3 Å². The first kappa shape index (κ1) is 14.1. The van der Waals surface area contributed by atoms with E-state index in [0.29, 0.717) is 11.3 Å². The number of rotatable bonds is 0. The Morgan fingerprint density at radius 3 is 2.57 bits per heavy atom. The molecule has 2 nitrogen and oxygen atoms in total. The zero-order chi connectivity index (χ0) is 14.6. The van der Waals surface area contributed by atoms with Crippen molar-refractivity contribution >= 4 is 0 Å². The van der Waals surface area contributed by atoms with Gasteiger partial charge in [0.1, 0.15) is 0 Å². The second-order valence-corrected chi connectivity index (χ2v) is 8.71. The molecule has 0 radical (unpaired) electrons. The largest absolute Gasteiger partial charge is 0.393 e. The van der Waals surface area contributed by atoms with Crippen molar-refractivity contribution in [3.05, 3.63) is 0 Å². The van der Waals surface area contributed by atoms with Crippen molar-refractivity contribution in [2.24, 2.45) is 40.9 Å². The van der Waals surface area contributed by atoms with Gasteiger partial charge in [0.15, 0.2) is 0 Å². The summed E-state index contributed by atoms with van der Waals surface area (Å²) in [6.07, 6.45) is 11.1. The van der Waals surface area contributed by atoms with Crippen LogP contribution in [0.5, 0.6) is 0 Å². The number of hydrogen-bond donors (Lipinski definition) is 1. The minimum absolute atomic E-state index is 0.0221. The highest BCUT2D eigenvalue weighted by Crippen LogP contribution is 2.63. The summed E-state index contributed by atoms with van der Waals surface area (Å²) in [5, 5.41) is 19.5. The molecule has 0 saturated heterocycles. The maximum Gasteiger partial charge on any atom is 0.0661 e. The molecule has 0 aromatic carbocycles. The Hall–Kier alpha value is -0.550. The van der Waals surface area contributed by atoms with Crippen molar-refractivity contribution in [1.82, 2.24) is 0 Å². The third-order valence-corrected chi connectivity index (χ3v) is 8.08. The first-order chi connectivity index (χ1) is 10.1. The molecule has 3 unspecified atom stereocenters. The van der Waals surface area contributed by atoms with E-state index in [9.17, 15) is 10.4 Å². The molecule has 4 fully saturated rings. The molecule has 2 heteroatoms. The van der Waals surface area contributed by atoms with Crippen molar-refractivity contribution in [2.45, 2.75) is 70.8 Å². The predicted molar refractivity (Wildman–Crippen MR) is 82.2 cm³/mol. The van der Waals surface area contributed by atoms with Crippen molar-refractivity contribution in [3.8, 4) is 6.07 Å². The van der Waals surface area contributed by atoms with Gasteiger partial charge in [-0.2, -0.15) is 5.26 Å². The highest BCUT2D eigenvalue weighted by Gasteiger charge is 2.57. The Morgan fingerprint density at radius 2 is 1.76 bits per heavy atom. The number of hydrogen-bond acceptors (Lipinski definition) is 2. The molecule has 1 N–H and O–H groups in total. The standard InChI is InChI=1S/C19H29NO/c1-19-9-8-16-15-6-4-14(21)10-12(15)2-5-17(16)18(19)7-3-13(19)11-20/h12-18,21H,2-10H2,1H3/t12-,13-,14-,15+,16?,17?,18?,19-/m1/s1. The number of fused-ring (bicyclic) bond motifs is 5. The Bertz CT molecular complexity index is 455. The molecule has 0 amide bonds. The summed E-state index contributed by atoms with van der Waals surface area (Å²) in [6, 6.07) is 2.63. The van der Waals surface area contributed by atoms with Crippen molar-refractivity contribution < 1.29 is 5.11 Å². The normalized spacial score (nSPS) is 56.0. The third kappa shape index (κ3) is 2.00. The zero-order valence-corrected chi connectivity index (χ0v) is 13.3. The van der Waals surface area contributed by atoms with Crippen LogP contribution < -0.4 is 0 Å². The van der Waals surface area contributed by atoms with Crippen LogP contribution in [-0.4, -0.2) is 11.2 Å². The smallest absolute Gasteiger partial charge is 0.0661 e. The Morgan fingerprint density at radius 1 is 0.952 bits per heavy atom. The van der Waals surface area contributed by atoms with E-state index in [-0.39, 0.29) is 6.10 Å². The average Bonchev–Trinajstić information content (AvgIpc) is 2.83. The molecular formula is C19H29NO. The van der Waals surface area contributed by atoms with Gasteiger partial charge in [0.2, 0.25) is 0 Å². The van der Waals surface area contributed by atoms with Gasteiger partial charge in [0.05, 0.1) is 18.1 Å². The van der Waals surface area contributed by atoms with Crippen LogP contribution in [0.25, 0.3) is 0 Å². The quantitative estimate of drug-likeness (QED) is 0.727. The molecule has 0 aliphatic heterocycles. The van der Waals surface area contributed by atoms with E-state index in [1.165, 1.54) is 38.5 Å². The fourth-order valence-electron chi connectivity index (χ4n) is 7.04. The predicted octanol–water partition coefficient (Wildman–Crippen LogP) is 4.14. The topological polar surface area (TPSA) is 44.0 Å². The van der Waals surface area contributed by atoms with Crippen LogP contribution in [0.4, 0.5) is 0 Å². The van der Waals surface area contributed by atoms with Crippen LogP contribution in [0.2, 0.25) is 0 Å². The van der Waals surface area contributed by atoms with E-state index in [1.807, 2.05) is 0 Å². The second kappa shape index (κ2) is 4.98. The molecule has 4 aliphatic rings. The highest BCUT2D eigenvalue weighted by atomic mass is 16.3. The number of nitrogens with zero attached hydrogens (tertiary/aromatic N) is 1. The summed E-state index contributed by atoms with van der Waals surface area (Å²) >= 11 is 0. The average molecular weight is 287 g/mol. The SMILES string of the molecule is C[C@]12CCC3C(CC[C@@H]4C[C@H](O)CC[C@H]34)C1CC[C@@H]2C#N. The Balaban J connectivity index is 1.57. The van der Waals surface area contributed by atoms with E-state index < -0.39 is 0 Å². The van der Waals surface area contributed by atoms with Crippen LogP contribution >= 0.6 is 0 Å². The molecule has 0 aromatic heterocycles. The van der Waals surface area contributed by atoms with Gasteiger partial charge < -0.3 is 5.11 Å². The summed E-state index contributed by atoms with van der Waals surface area (Å²) in [4.78, 5) is 0. The van der Waals surface area contributed by atoms with Gasteiger partial charge >= 0.3 is 0 Å². The molecule has 0 bridgehead atoms. The Labute approximate surface area is 128 Å². The van der Waals surface area contributed by atoms with Gasteiger partial charge in [-0.15, -0.1) is 0 Å². The van der Waals surface area contributed by atoms with Gasteiger partial charge in [-0.1, -0.05) is 6.92 Å². The van der Waals surface area contributed by atoms with Crippen molar-refractivity contribution in [2.75, 3.05) is 0 Å². The zero-order valence-electron chi connectivity index (χ0n) is 13.3. The van der Waals surface area contributed by atoms with Crippen LogP contribution in [-0.2, 0) is 0 Å². The lowest BCUT2D eigenvalue weighted by Crippen LogP contribution is -2.48. The van der Waals surface area contributed by atoms with E-state index in [2.05, 4.69) is 13.0 Å². The summed E-state index contributed by atoms with van der Waals surface area (Å²) in [7, 11) is 0. The second-order valence-electron chi connectivity index (χ2n) is 8.71. The van der Waals surface area contributed by atoms with Crippen molar-refractivity contribution in [1.29, 1.82) is 5.26 Å². The molecule has 8 atom stereocenters. The van der Waals surface area contributed by atoms with Crippen molar-refractivity contribution in [3.63, 3.8) is 0 Å².